The van der Waals surface area contributed by atoms with Crippen LogP contribution in [0.1, 0.15) is 12.6 Å². The Morgan fingerprint density at radius 3 is 1.95 bits per heavy atom. The maximum atomic E-state index is 13.7. The van der Waals surface area contributed by atoms with Crippen molar-refractivity contribution in [1.29, 1.82) is 0 Å². The summed E-state index contributed by atoms with van der Waals surface area (Å²) in [5, 5.41) is 0. The van der Waals surface area contributed by atoms with Crippen LogP contribution in [0.3, 0.4) is 0 Å². The lowest BCUT2D eigenvalue weighted by molar-refractivity contribution is 0.375. The zero-order valence-electron chi connectivity index (χ0n) is 9.53. The van der Waals surface area contributed by atoms with Crippen molar-refractivity contribution in [3.63, 3.8) is 0 Å². The van der Waals surface area contributed by atoms with E-state index >= 15 is 0 Å². The molecule has 0 unspecified atom stereocenters. The normalized spacial score (nSPS) is 11.1. The van der Waals surface area contributed by atoms with E-state index in [4.69, 9.17) is 12.2 Å². The zero-order chi connectivity index (χ0) is 14.3. The number of H-pyrrole nitrogens is 1. The summed E-state index contributed by atoms with van der Waals surface area (Å²) in [6, 6.07) is 0. The van der Waals surface area contributed by atoms with Crippen LogP contribution in [-0.4, -0.2) is 9.55 Å². The third kappa shape index (κ3) is 1.95. The first-order valence-corrected chi connectivity index (χ1v) is 5.62. The van der Waals surface area contributed by atoms with Crippen LogP contribution < -0.4 is 0 Å². The molecule has 0 bridgehead atoms. The molecule has 0 atom stereocenters. The van der Waals surface area contributed by atoms with Gasteiger partial charge in [-0.3, -0.25) is 4.57 Å². The molecule has 102 valence electrons. The van der Waals surface area contributed by atoms with Gasteiger partial charge in [-0.1, -0.05) is 6.92 Å². The summed E-state index contributed by atoms with van der Waals surface area (Å²) in [5.74, 6) is -10.0. The van der Waals surface area contributed by atoms with Crippen molar-refractivity contribution in [1.82, 2.24) is 9.55 Å². The van der Waals surface area contributed by atoms with Crippen LogP contribution >= 0.6 is 12.2 Å². The molecule has 0 fully saturated rings. The van der Waals surface area contributed by atoms with E-state index < -0.39 is 34.8 Å². The van der Waals surface area contributed by atoms with Crippen molar-refractivity contribution in [3.05, 3.63) is 45.7 Å². The summed E-state index contributed by atoms with van der Waals surface area (Å²) in [7, 11) is 0. The number of imidazole rings is 1. The molecule has 0 saturated heterocycles. The average Bonchev–Trinajstić information content (AvgIpc) is 2.76. The minimum atomic E-state index is -2.20. The van der Waals surface area contributed by atoms with Crippen LogP contribution in [0.25, 0.3) is 5.69 Å². The molecule has 0 aliphatic heterocycles. The Labute approximate surface area is 109 Å². The minimum absolute atomic E-state index is 0.153. The summed E-state index contributed by atoms with van der Waals surface area (Å²) >= 11 is 4.80. The van der Waals surface area contributed by atoms with Gasteiger partial charge in [-0.15, -0.1) is 0 Å². The van der Waals surface area contributed by atoms with E-state index in [1.165, 1.54) is 6.20 Å². The molecule has 1 heterocycles. The summed E-state index contributed by atoms with van der Waals surface area (Å²) < 4.78 is 67.2. The van der Waals surface area contributed by atoms with Gasteiger partial charge in [0.2, 0.25) is 5.82 Å². The Kier molecular flexibility index (Phi) is 3.44. The predicted octanol–water partition coefficient (Wildman–Crippen LogP) is 3.79. The van der Waals surface area contributed by atoms with Crippen LogP contribution in [0.5, 0.6) is 0 Å². The second-order valence-corrected chi connectivity index (χ2v) is 4.08. The van der Waals surface area contributed by atoms with Gasteiger partial charge in [-0.2, -0.15) is 0 Å². The zero-order valence-corrected chi connectivity index (χ0v) is 10.3. The highest BCUT2D eigenvalue weighted by Gasteiger charge is 2.27. The smallest absolute Gasteiger partial charge is 0.200 e. The molecular weight excluding hydrogens is 287 g/mol. The number of nitrogens with one attached hydrogen (secondary N) is 1. The van der Waals surface area contributed by atoms with Gasteiger partial charge in [0, 0.05) is 11.9 Å². The van der Waals surface area contributed by atoms with E-state index in [0.29, 0.717) is 12.1 Å². The Hall–Kier alpha value is -1.70. The lowest BCUT2D eigenvalue weighted by atomic mass is 10.2. The fraction of sp³-hybridized carbons (Fsp3) is 0.182. The summed E-state index contributed by atoms with van der Waals surface area (Å²) in [5.41, 5.74) is -0.771. The monoisotopic (exact) mass is 294 g/mol. The van der Waals surface area contributed by atoms with Crippen LogP contribution in [0.4, 0.5) is 22.0 Å². The van der Waals surface area contributed by atoms with Gasteiger partial charge < -0.3 is 4.98 Å². The van der Waals surface area contributed by atoms with Gasteiger partial charge >= 0.3 is 0 Å². The standard InChI is InChI=1S/C11H7F5N2S/c1-2-4-3-17-11(19)18(4)10-8(15)6(13)5(12)7(14)9(10)16/h3H,2H2,1H3,(H,17,19). The quantitative estimate of drug-likeness (QED) is 0.387. The number of hydrogen-bond donors (Lipinski definition) is 1. The van der Waals surface area contributed by atoms with Crippen molar-refractivity contribution in [2.75, 3.05) is 0 Å². The number of aryl methyl sites for hydroxylation is 1. The molecule has 8 heteroatoms. The Bertz CT molecular complexity index is 675. The predicted molar refractivity (Wildman–Crippen MR) is 60.1 cm³/mol. The van der Waals surface area contributed by atoms with E-state index in [-0.39, 0.29) is 4.77 Å². The highest BCUT2D eigenvalue weighted by Crippen LogP contribution is 2.27. The maximum Gasteiger partial charge on any atom is 0.200 e. The largest absolute Gasteiger partial charge is 0.337 e. The number of aromatic amines is 1. The van der Waals surface area contributed by atoms with Crippen molar-refractivity contribution in [2.45, 2.75) is 13.3 Å². The molecule has 1 aromatic carbocycles. The van der Waals surface area contributed by atoms with E-state index in [0.717, 1.165) is 4.57 Å². The lowest BCUT2D eigenvalue weighted by Gasteiger charge is -2.11. The lowest BCUT2D eigenvalue weighted by Crippen LogP contribution is -2.11. The first kappa shape index (κ1) is 13.7. The number of halogens is 5. The maximum absolute atomic E-state index is 13.7. The third-order valence-electron chi connectivity index (χ3n) is 2.63. The number of hydrogen-bond acceptors (Lipinski definition) is 1. The molecule has 2 nitrogen and oxygen atoms in total. The minimum Gasteiger partial charge on any atom is -0.337 e. The van der Waals surface area contributed by atoms with Gasteiger partial charge in [0.15, 0.2) is 28.0 Å². The second kappa shape index (κ2) is 4.76. The molecule has 0 aliphatic carbocycles. The Balaban J connectivity index is 2.91. The van der Waals surface area contributed by atoms with Gasteiger partial charge in [-0.25, -0.2) is 22.0 Å². The summed E-state index contributed by atoms with van der Waals surface area (Å²) in [4.78, 5) is 2.50. The van der Waals surface area contributed by atoms with Gasteiger partial charge in [0.1, 0.15) is 5.69 Å². The molecule has 2 rings (SSSR count). The molecule has 1 aromatic heterocycles. The fourth-order valence-electron chi connectivity index (χ4n) is 1.70. The van der Waals surface area contributed by atoms with Crippen molar-refractivity contribution >= 4 is 12.2 Å². The van der Waals surface area contributed by atoms with Crippen molar-refractivity contribution < 1.29 is 22.0 Å². The average molecular weight is 294 g/mol. The van der Waals surface area contributed by atoms with Gasteiger partial charge in [-0.05, 0) is 18.6 Å². The summed E-state index contributed by atoms with van der Waals surface area (Å²) in [6.45, 7) is 1.65. The molecule has 2 aromatic rings. The number of nitrogens with zero attached hydrogens (tertiary/aromatic N) is 1. The van der Waals surface area contributed by atoms with Crippen LogP contribution in [0.15, 0.2) is 6.20 Å². The highest BCUT2D eigenvalue weighted by molar-refractivity contribution is 7.71. The fourth-order valence-corrected chi connectivity index (χ4v) is 1.97. The van der Waals surface area contributed by atoms with Crippen molar-refractivity contribution in [2.24, 2.45) is 0 Å². The molecule has 0 saturated carbocycles. The topological polar surface area (TPSA) is 20.7 Å². The number of rotatable bonds is 2. The molecule has 1 N–H and O–H groups in total. The molecule has 0 spiro atoms. The van der Waals surface area contributed by atoms with Crippen LogP contribution in [-0.2, 0) is 6.42 Å². The Morgan fingerprint density at radius 2 is 1.47 bits per heavy atom. The molecule has 0 radical (unpaired) electrons. The molecular formula is C11H7F5N2S. The van der Waals surface area contributed by atoms with E-state index in [1.54, 1.807) is 6.92 Å². The van der Waals surface area contributed by atoms with E-state index in [2.05, 4.69) is 4.98 Å². The highest BCUT2D eigenvalue weighted by atomic mass is 32.1. The van der Waals surface area contributed by atoms with Gasteiger partial charge in [0.25, 0.3) is 0 Å². The summed E-state index contributed by atoms with van der Waals surface area (Å²) in [6.07, 6.45) is 1.65. The first-order valence-electron chi connectivity index (χ1n) is 5.21. The van der Waals surface area contributed by atoms with Gasteiger partial charge in [0.05, 0.1) is 0 Å². The number of aromatic nitrogens is 2. The van der Waals surface area contributed by atoms with E-state index in [1.807, 2.05) is 0 Å². The molecule has 0 amide bonds. The molecule has 0 aliphatic rings. The first-order chi connectivity index (χ1) is 8.90. The second-order valence-electron chi connectivity index (χ2n) is 3.69. The van der Waals surface area contributed by atoms with Crippen LogP contribution in [0, 0.1) is 33.9 Å². The third-order valence-corrected chi connectivity index (χ3v) is 2.93. The molecule has 19 heavy (non-hydrogen) atoms. The SMILES string of the molecule is CCc1c[nH]c(=S)n1-c1c(F)c(F)c(F)c(F)c1F. The van der Waals surface area contributed by atoms with Crippen molar-refractivity contribution in [3.8, 4) is 5.69 Å². The van der Waals surface area contributed by atoms with E-state index in [9.17, 15) is 22.0 Å². The number of benzene rings is 1. The Morgan fingerprint density at radius 1 is 1.00 bits per heavy atom. The van der Waals surface area contributed by atoms with Crippen LogP contribution in [0.2, 0.25) is 0 Å².